The van der Waals surface area contributed by atoms with Gasteiger partial charge < -0.3 is 15.6 Å². The quantitative estimate of drug-likeness (QED) is 0.466. The Labute approximate surface area is 179 Å². The molecule has 0 spiro atoms. The van der Waals surface area contributed by atoms with Gasteiger partial charge in [-0.1, -0.05) is 17.7 Å². The summed E-state index contributed by atoms with van der Waals surface area (Å²) in [6.45, 7) is 1.62. The van der Waals surface area contributed by atoms with E-state index in [1.807, 2.05) is 24.4 Å². The molecule has 2 atom stereocenters. The monoisotopic (exact) mass is 420 g/mol. The van der Waals surface area contributed by atoms with Crippen molar-refractivity contribution >= 4 is 40.2 Å². The third-order valence-electron chi connectivity index (χ3n) is 5.31. The van der Waals surface area contributed by atoms with Crippen LogP contribution in [0.3, 0.4) is 0 Å². The molecule has 152 valence electrons. The van der Waals surface area contributed by atoms with E-state index in [1.165, 1.54) is 12.5 Å². The van der Waals surface area contributed by atoms with Gasteiger partial charge in [-0.15, -0.1) is 0 Å². The SMILES string of the molecule is N#CCC(N=CC(=CN)c1ncnc2[nH]ccc12)C1CCN(c2cccc(Cl)n2)C1. The summed E-state index contributed by atoms with van der Waals surface area (Å²) >= 11 is 6.03. The fourth-order valence-electron chi connectivity index (χ4n) is 3.78. The molecule has 9 heteroatoms. The summed E-state index contributed by atoms with van der Waals surface area (Å²) in [6.07, 6.45) is 7.76. The highest BCUT2D eigenvalue weighted by atomic mass is 35.5. The van der Waals surface area contributed by atoms with E-state index in [0.717, 1.165) is 36.4 Å². The molecule has 3 aromatic rings. The number of aliphatic imine (C=N–C) groups is 1. The molecule has 1 saturated heterocycles. The van der Waals surface area contributed by atoms with E-state index in [1.54, 1.807) is 12.3 Å². The van der Waals surface area contributed by atoms with E-state index in [9.17, 15) is 5.26 Å². The normalized spacial score (nSPS) is 18.2. The van der Waals surface area contributed by atoms with Crippen LogP contribution in [0.2, 0.25) is 5.15 Å². The number of rotatable bonds is 6. The van der Waals surface area contributed by atoms with Crippen molar-refractivity contribution in [1.82, 2.24) is 19.9 Å². The maximum absolute atomic E-state index is 9.34. The minimum atomic E-state index is -0.141. The number of H-pyrrole nitrogens is 1. The minimum Gasteiger partial charge on any atom is -0.404 e. The average molecular weight is 421 g/mol. The lowest BCUT2D eigenvalue weighted by Gasteiger charge is -2.20. The molecule has 4 rings (SSSR count). The molecule has 3 N–H and O–H groups in total. The van der Waals surface area contributed by atoms with Gasteiger partial charge in [0.05, 0.1) is 24.2 Å². The molecule has 8 nitrogen and oxygen atoms in total. The number of nitrogens with one attached hydrogen (secondary N) is 1. The van der Waals surface area contributed by atoms with Gasteiger partial charge >= 0.3 is 0 Å². The highest BCUT2D eigenvalue weighted by Crippen LogP contribution is 2.28. The molecule has 1 aliphatic heterocycles. The molecular weight excluding hydrogens is 400 g/mol. The summed E-state index contributed by atoms with van der Waals surface area (Å²) in [4.78, 5) is 23.0. The zero-order chi connectivity index (χ0) is 20.9. The average Bonchev–Trinajstić information content (AvgIpc) is 3.43. The van der Waals surface area contributed by atoms with E-state index in [0.29, 0.717) is 22.8 Å². The number of nitrogens with zero attached hydrogens (tertiary/aromatic N) is 6. The molecule has 2 unspecified atom stereocenters. The molecule has 30 heavy (non-hydrogen) atoms. The molecule has 0 saturated carbocycles. The van der Waals surface area contributed by atoms with Crippen molar-refractivity contribution in [3.63, 3.8) is 0 Å². The zero-order valence-corrected chi connectivity index (χ0v) is 17.0. The standard InChI is InChI=1S/C21H21ClN8/c22-18-2-1-3-19(29-18)30-9-6-14(12-30)17(4-7-23)26-11-15(10-24)20-16-5-8-25-21(16)28-13-27-20/h1-3,5,8,10-11,13-14,17H,4,6,9,12,24H2,(H,25,27,28). The molecule has 1 aliphatic rings. The number of nitriles is 1. The molecule has 0 amide bonds. The van der Waals surface area contributed by atoms with Crippen molar-refractivity contribution in [2.45, 2.75) is 18.9 Å². The number of allylic oxidation sites excluding steroid dienone is 1. The fraction of sp³-hybridized carbons (Fsp3) is 0.286. The Hall–Kier alpha value is -3.44. The number of fused-ring (bicyclic) bond motifs is 1. The zero-order valence-electron chi connectivity index (χ0n) is 16.2. The molecule has 1 fully saturated rings. The van der Waals surface area contributed by atoms with Gasteiger partial charge in [-0.2, -0.15) is 5.26 Å². The third-order valence-corrected chi connectivity index (χ3v) is 5.52. The lowest BCUT2D eigenvalue weighted by atomic mass is 9.97. The number of nitrogens with two attached hydrogens (primary N) is 1. The third kappa shape index (κ3) is 4.11. The van der Waals surface area contributed by atoms with Crippen LogP contribution in [0.5, 0.6) is 0 Å². The predicted octanol–water partition coefficient (Wildman–Crippen LogP) is 3.19. The Bertz CT molecular complexity index is 1130. The van der Waals surface area contributed by atoms with E-state index in [-0.39, 0.29) is 12.0 Å². The first kappa shape index (κ1) is 19.9. The number of anilines is 1. The van der Waals surface area contributed by atoms with Crippen LogP contribution in [-0.4, -0.2) is 45.3 Å². The second kappa shape index (κ2) is 8.93. The van der Waals surface area contributed by atoms with E-state index >= 15 is 0 Å². The van der Waals surface area contributed by atoms with Crippen molar-refractivity contribution in [2.75, 3.05) is 18.0 Å². The van der Waals surface area contributed by atoms with E-state index in [4.69, 9.17) is 22.3 Å². The summed E-state index contributed by atoms with van der Waals surface area (Å²) in [5.41, 5.74) is 8.01. The smallest absolute Gasteiger partial charge is 0.141 e. The Morgan fingerprint density at radius 1 is 1.43 bits per heavy atom. The van der Waals surface area contributed by atoms with Gasteiger partial charge in [-0.05, 0) is 24.6 Å². The number of aromatic nitrogens is 4. The number of hydrogen-bond donors (Lipinski definition) is 2. The minimum absolute atomic E-state index is 0.141. The molecule has 4 heterocycles. The van der Waals surface area contributed by atoms with E-state index in [2.05, 4.69) is 30.9 Å². The van der Waals surface area contributed by atoms with Crippen molar-refractivity contribution in [1.29, 1.82) is 5.26 Å². The van der Waals surface area contributed by atoms with Gasteiger partial charge in [0, 0.05) is 48.6 Å². The number of halogens is 1. The lowest BCUT2D eigenvalue weighted by molar-refractivity contribution is 0.468. The highest BCUT2D eigenvalue weighted by Gasteiger charge is 2.30. The van der Waals surface area contributed by atoms with Crippen LogP contribution in [0.1, 0.15) is 18.5 Å². The van der Waals surface area contributed by atoms with Crippen molar-refractivity contribution in [2.24, 2.45) is 16.6 Å². The van der Waals surface area contributed by atoms with Crippen LogP contribution in [-0.2, 0) is 0 Å². The largest absolute Gasteiger partial charge is 0.404 e. The van der Waals surface area contributed by atoms with Crippen molar-refractivity contribution < 1.29 is 0 Å². The topological polar surface area (TPSA) is 120 Å². The van der Waals surface area contributed by atoms with Crippen LogP contribution < -0.4 is 10.6 Å². The second-order valence-corrected chi connectivity index (χ2v) is 7.49. The first-order valence-corrected chi connectivity index (χ1v) is 10.1. The highest BCUT2D eigenvalue weighted by molar-refractivity contribution is 6.29. The Kier molecular flexibility index (Phi) is 5.91. The van der Waals surface area contributed by atoms with Crippen LogP contribution in [0.4, 0.5) is 5.82 Å². The Balaban J connectivity index is 1.53. The van der Waals surface area contributed by atoms with Crippen LogP contribution in [0.15, 0.2) is 48.0 Å². The van der Waals surface area contributed by atoms with E-state index < -0.39 is 0 Å². The van der Waals surface area contributed by atoms with Gasteiger partial charge in [-0.3, -0.25) is 4.99 Å². The number of pyridine rings is 1. The first-order valence-electron chi connectivity index (χ1n) is 9.67. The maximum Gasteiger partial charge on any atom is 0.141 e. The Morgan fingerprint density at radius 3 is 3.13 bits per heavy atom. The summed E-state index contributed by atoms with van der Waals surface area (Å²) in [7, 11) is 0. The molecule has 0 radical (unpaired) electrons. The van der Waals surface area contributed by atoms with Gasteiger partial charge in [0.25, 0.3) is 0 Å². The van der Waals surface area contributed by atoms with Crippen molar-refractivity contribution in [3.05, 3.63) is 53.8 Å². The van der Waals surface area contributed by atoms with Crippen LogP contribution in [0, 0.1) is 17.2 Å². The predicted molar refractivity (Wildman–Crippen MR) is 118 cm³/mol. The molecule has 0 bridgehead atoms. The molecule has 3 aromatic heterocycles. The summed E-state index contributed by atoms with van der Waals surface area (Å²) in [6, 6.07) is 9.63. The molecular formula is C21H21ClN8. The number of hydrogen-bond acceptors (Lipinski definition) is 7. The van der Waals surface area contributed by atoms with Crippen molar-refractivity contribution in [3.8, 4) is 6.07 Å². The molecule has 0 aliphatic carbocycles. The second-order valence-electron chi connectivity index (χ2n) is 7.11. The summed E-state index contributed by atoms with van der Waals surface area (Å²) in [5, 5.41) is 10.7. The van der Waals surface area contributed by atoms with Gasteiger partial charge in [0.2, 0.25) is 0 Å². The van der Waals surface area contributed by atoms with Gasteiger partial charge in [0.1, 0.15) is 22.9 Å². The molecule has 0 aromatic carbocycles. The lowest BCUT2D eigenvalue weighted by Crippen LogP contribution is -2.25. The Morgan fingerprint density at radius 2 is 2.33 bits per heavy atom. The van der Waals surface area contributed by atoms with Gasteiger partial charge in [0.15, 0.2) is 0 Å². The number of aromatic amines is 1. The van der Waals surface area contributed by atoms with Crippen LogP contribution >= 0.6 is 11.6 Å². The first-order chi connectivity index (χ1) is 14.7. The van der Waals surface area contributed by atoms with Crippen LogP contribution in [0.25, 0.3) is 16.6 Å². The summed E-state index contributed by atoms with van der Waals surface area (Å²) < 4.78 is 0. The fourth-order valence-corrected chi connectivity index (χ4v) is 3.94. The maximum atomic E-state index is 9.34. The van der Waals surface area contributed by atoms with Gasteiger partial charge in [-0.25, -0.2) is 15.0 Å². The summed E-state index contributed by atoms with van der Waals surface area (Å²) in [5.74, 6) is 1.08.